The second-order valence-corrected chi connectivity index (χ2v) is 6.14. The highest BCUT2D eigenvalue weighted by molar-refractivity contribution is 7.99. The molecular formula is C13H27NOS. The topological polar surface area (TPSA) is 32.3 Å². The van der Waals surface area contributed by atoms with Crippen LogP contribution in [0.3, 0.4) is 0 Å². The molecule has 1 rings (SSSR count). The smallest absolute Gasteiger partial charge is 0.0462 e. The molecule has 16 heavy (non-hydrogen) atoms. The molecule has 2 nitrogen and oxygen atoms in total. The lowest BCUT2D eigenvalue weighted by atomic mass is 9.79. The Balaban J connectivity index is 2.02. The molecule has 1 aliphatic carbocycles. The van der Waals surface area contributed by atoms with Crippen LogP contribution in [0.15, 0.2) is 0 Å². The summed E-state index contributed by atoms with van der Waals surface area (Å²) in [7, 11) is 0. The predicted octanol–water partition coefficient (Wildman–Crippen LogP) is 2.52. The van der Waals surface area contributed by atoms with Gasteiger partial charge >= 0.3 is 0 Å². The Morgan fingerprint density at radius 3 is 2.69 bits per heavy atom. The van der Waals surface area contributed by atoms with Gasteiger partial charge in [0, 0.05) is 6.61 Å². The third-order valence-corrected chi connectivity index (χ3v) is 4.54. The van der Waals surface area contributed by atoms with Crippen molar-refractivity contribution in [3.63, 3.8) is 0 Å². The van der Waals surface area contributed by atoms with E-state index in [2.05, 4.69) is 12.2 Å². The minimum Gasteiger partial charge on any atom is -0.396 e. The van der Waals surface area contributed by atoms with Gasteiger partial charge in [0.1, 0.15) is 0 Å². The van der Waals surface area contributed by atoms with Crippen LogP contribution in [0.5, 0.6) is 0 Å². The van der Waals surface area contributed by atoms with Crippen molar-refractivity contribution in [1.82, 2.24) is 5.32 Å². The van der Waals surface area contributed by atoms with Gasteiger partial charge in [0.25, 0.3) is 0 Å². The summed E-state index contributed by atoms with van der Waals surface area (Å²) in [4.78, 5) is 0. The number of nitrogens with one attached hydrogen (secondary N) is 1. The molecule has 0 aromatic rings. The number of aliphatic hydroxyl groups excluding tert-OH is 1. The van der Waals surface area contributed by atoms with E-state index in [-0.39, 0.29) is 0 Å². The lowest BCUT2D eigenvalue weighted by Gasteiger charge is -2.30. The van der Waals surface area contributed by atoms with Crippen LogP contribution in [0, 0.1) is 11.8 Å². The zero-order valence-electron chi connectivity index (χ0n) is 10.6. The van der Waals surface area contributed by atoms with Crippen LogP contribution in [0.2, 0.25) is 0 Å². The molecule has 0 amide bonds. The molecule has 0 aliphatic heterocycles. The molecule has 2 unspecified atom stereocenters. The van der Waals surface area contributed by atoms with Gasteiger partial charge in [-0.3, -0.25) is 0 Å². The number of thioether (sulfide) groups is 1. The summed E-state index contributed by atoms with van der Waals surface area (Å²) in [6, 6.07) is 0. The second-order valence-electron chi connectivity index (χ2n) is 4.74. The molecule has 1 saturated carbocycles. The molecule has 0 aromatic heterocycles. The first-order valence-electron chi connectivity index (χ1n) is 6.77. The Morgan fingerprint density at radius 2 is 2.00 bits per heavy atom. The van der Waals surface area contributed by atoms with Gasteiger partial charge in [-0.05, 0) is 55.7 Å². The van der Waals surface area contributed by atoms with Crippen LogP contribution in [0.1, 0.15) is 39.0 Å². The summed E-state index contributed by atoms with van der Waals surface area (Å²) in [6.45, 7) is 4.85. The molecule has 1 aliphatic rings. The Bertz CT molecular complexity index is 166. The average molecular weight is 245 g/mol. The van der Waals surface area contributed by atoms with Crippen LogP contribution in [-0.2, 0) is 0 Å². The molecule has 96 valence electrons. The van der Waals surface area contributed by atoms with E-state index in [9.17, 15) is 5.11 Å². The minimum absolute atomic E-state index is 0.387. The number of hydrogen-bond donors (Lipinski definition) is 2. The molecule has 1 fully saturated rings. The van der Waals surface area contributed by atoms with E-state index in [1.54, 1.807) is 0 Å². The van der Waals surface area contributed by atoms with E-state index < -0.39 is 0 Å². The molecule has 0 spiro atoms. The summed E-state index contributed by atoms with van der Waals surface area (Å²) >= 11 is 2.02. The fourth-order valence-electron chi connectivity index (χ4n) is 2.52. The maximum absolute atomic E-state index is 9.30. The van der Waals surface area contributed by atoms with Crippen LogP contribution in [-0.4, -0.2) is 36.3 Å². The molecule has 0 radical (unpaired) electrons. The lowest BCUT2D eigenvalue weighted by molar-refractivity contribution is 0.133. The fourth-order valence-corrected chi connectivity index (χ4v) is 3.16. The predicted molar refractivity (Wildman–Crippen MR) is 73.0 cm³/mol. The van der Waals surface area contributed by atoms with Gasteiger partial charge in [-0.1, -0.05) is 19.8 Å². The zero-order valence-corrected chi connectivity index (χ0v) is 11.4. The molecule has 3 heteroatoms. The molecule has 2 N–H and O–H groups in total. The highest BCUT2D eigenvalue weighted by Gasteiger charge is 2.23. The van der Waals surface area contributed by atoms with Crippen molar-refractivity contribution in [3.05, 3.63) is 0 Å². The zero-order chi connectivity index (χ0) is 11.6. The van der Waals surface area contributed by atoms with Gasteiger partial charge < -0.3 is 10.4 Å². The first-order valence-corrected chi connectivity index (χ1v) is 7.93. The van der Waals surface area contributed by atoms with E-state index in [0.29, 0.717) is 12.5 Å². The third kappa shape index (κ3) is 5.55. The van der Waals surface area contributed by atoms with E-state index in [1.165, 1.54) is 43.6 Å². The van der Waals surface area contributed by atoms with Gasteiger partial charge in [-0.15, -0.1) is 0 Å². The molecular weight excluding hydrogens is 218 g/mol. The Labute approximate surface area is 105 Å². The Kier molecular flexibility index (Phi) is 8.34. The van der Waals surface area contributed by atoms with Crippen LogP contribution < -0.4 is 5.32 Å². The van der Waals surface area contributed by atoms with Crippen LogP contribution >= 0.6 is 11.8 Å². The van der Waals surface area contributed by atoms with Crippen LogP contribution in [0.4, 0.5) is 0 Å². The van der Waals surface area contributed by atoms with E-state index in [0.717, 1.165) is 19.0 Å². The van der Waals surface area contributed by atoms with Crippen molar-refractivity contribution in [2.24, 2.45) is 11.8 Å². The van der Waals surface area contributed by atoms with Gasteiger partial charge in [-0.25, -0.2) is 0 Å². The van der Waals surface area contributed by atoms with Crippen molar-refractivity contribution >= 4 is 11.8 Å². The first-order chi connectivity index (χ1) is 7.88. The average Bonchev–Trinajstić information content (AvgIpc) is 2.34. The van der Waals surface area contributed by atoms with Crippen molar-refractivity contribution in [2.45, 2.75) is 39.0 Å². The summed E-state index contributed by atoms with van der Waals surface area (Å²) in [5.74, 6) is 3.79. The maximum atomic E-state index is 9.30. The quantitative estimate of drug-likeness (QED) is 0.645. The van der Waals surface area contributed by atoms with E-state index >= 15 is 0 Å². The van der Waals surface area contributed by atoms with Gasteiger partial charge in [0.05, 0.1) is 0 Å². The van der Waals surface area contributed by atoms with Gasteiger partial charge in [-0.2, -0.15) is 11.8 Å². The van der Waals surface area contributed by atoms with E-state index in [1.807, 2.05) is 11.8 Å². The lowest BCUT2D eigenvalue weighted by Crippen LogP contribution is -2.32. The third-order valence-electron chi connectivity index (χ3n) is 3.55. The minimum atomic E-state index is 0.387. The summed E-state index contributed by atoms with van der Waals surface area (Å²) in [5, 5.41) is 12.9. The molecule has 0 saturated heterocycles. The second kappa shape index (κ2) is 9.32. The van der Waals surface area contributed by atoms with Crippen molar-refractivity contribution in [1.29, 1.82) is 0 Å². The Hall–Kier alpha value is 0.270. The SMILES string of the molecule is CCSCCCNCC1CCCCC1CO. The van der Waals surface area contributed by atoms with Crippen molar-refractivity contribution < 1.29 is 5.11 Å². The van der Waals surface area contributed by atoms with Crippen molar-refractivity contribution in [2.75, 3.05) is 31.2 Å². The largest absolute Gasteiger partial charge is 0.396 e. The molecule has 0 aromatic carbocycles. The fraction of sp³-hybridized carbons (Fsp3) is 1.00. The van der Waals surface area contributed by atoms with Gasteiger partial charge in [0.15, 0.2) is 0 Å². The highest BCUT2D eigenvalue weighted by atomic mass is 32.2. The van der Waals surface area contributed by atoms with E-state index in [4.69, 9.17) is 0 Å². The van der Waals surface area contributed by atoms with Crippen molar-refractivity contribution in [3.8, 4) is 0 Å². The summed E-state index contributed by atoms with van der Waals surface area (Å²) in [5.41, 5.74) is 0. The Morgan fingerprint density at radius 1 is 1.25 bits per heavy atom. The number of aliphatic hydroxyl groups is 1. The van der Waals surface area contributed by atoms with Crippen LogP contribution in [0.25, 0.3) is 0 Å². The first kappa shape index (κ1) is 14.3. The maximum Gasteiger partial charge on any atom is 0.0462 e. The molecule has 0 heterocycles. The standard InChI is InChI=1S/C13H27NOS/c1-2-16-9-5-8-14-10-12-6-3-4-7-13(12)11-15/h12-15H,2-11H2,1H3. The van der Waals surface area contributed by atoms with Gasteiger partial charge in [0.2, 0.25) is 0 Å². The summed E-state index contributed by atoms with van der Waals surface area (Å²) in [6.07, 6.45) is 6.48. The normalized spacial score (nSPS) is 25.9. The summed E-state index contributed by atoms with van der Waals surface area (Å²) < 4.78 is 0. The number of hydrogen-bond acceptors (Lipinski definition) is 3. The molecule has 0 bridgehead atoms. The monoisotopic (exact) mass is 245 g/mol. The number of rotatable bonds is 8. The highest BCUT2D eigenvalue weighted by Crippen LogP contribution is 2.28. The molecule has 2 atom stereocenters.